The summed E-state index contributed by atoms with van der Waals surface area (Å²) in [6.45, 7) is 5.39. The van der Waals surface area contributed by atoms with E-state index in [1.807, 2.05) is 0 Å². The van der Waals surface area contributed by atoms with Gasteiger partial charge in [-0.2, -0.15) is 0 Å². The zero-order valence-corrected chi connectivity index (χ0v) is 12.7. The number of carbonyl (C=O) groups is 1. The molecule has 2 rings (SSSR count). The van der Waals surface area contributed by atoms with E-state index in [2.05, 4.69) is 4.90 Å². The highest BCUT2D eigenvalue weighted by molar-refractivity contribution is 5.74. The Hall–Kier alpha value is -0.610. The van der Waals surface area contributed by atoms with Gasteiger partial charge < -0.3 is 15.4 Å². The van der Waals surface area contributed by atoms with Gasteiger partial charge in [0.2, 0.25) is 5.91 Å². The van der Waals surface area contributed by atoms with Gasteiger partial charge in [0.05, 0.1) is 0 Å². The minimum absolute atomic E-state index is 0.142. The standard InChI is InChI=1S/C16H30N2O2/c17-16(19)12-15-5-3-9-18(13-15)8-2-1-4-14-6-10-20-11-7-14/h14-15H,1-13H2,(H2,17,19)/t15-/m1/s1. The molecule has 2 aliphatic rings. The highest BCUT2D eigenvalue weighted by Gasteiger charge is 2.21. The number of ether oxygens (including phenoxy) is 1. The van der Waals surface area contributed by atoms with Gasteiger partial charge in [-0.3, -0.25) is 4.79 Å². The molecule has 116 valence electrons. The molecular weight excluding hydrogens is 252 g/mol. The predicted octanol–water partition coefficient (Wildman–Crippen LogP) is 2.17. The van der Waals surface area contributed by atoms with E-state index in [4.69, 9.17) is 10.5 Å². The maximum Gasteiger partial charge on any atom is 0.217 e. The minimum atomic E-state index is -0.142. The van der Waals surface area contributed by atoms with Crippen LogP contribution in [0.25, 0.3) is 0 Å². The Morgan fingerprint density at radius 3 is 2.70 bits per heavy atom. The van der Waals surface area contributed by atoms with E-state index in [0.29, 0.717) is 12.3 Å². The lowest BCUT2D eigenvalue weighted by atomic mass is 9.93. The number of rotatable bonds is 7. The SMILES string of the molecule is NC(=O)C[C@H]1CCCN(CCCCC2CCOCC2)C1. The second kappa shape index (κ2) is 8.63. The fraction of sp³-hybridized carbons (Fsp3) is 0.938. The third kappa shape index (κ3) is 5.80. The molecule has 1 amide bonds. The van der Waals surface area contributed by atoms with Gasteiger partial charge in [-0.05, 0) is 57.0 Å². The summed E-state index contributed by atoms with van der Waals surface area (Å²) in [5.74, 6) is 1.25. The number of nitrogens with zero attached hydrogens (tertiary/aromatic N) is 1. The molecule has 2 N–H and O–H groups in total. The molecule has 4 nitrogen and oxygen atoms in total. The molecule has 0 aromatic rings. The van der Waals surface area contributed by atoms with Gasteiger partial charge in [0, 0.05) is 26.2 Å². The van der Waals surface area contributed by atoms with Gasteiger partial charge >= 0.3 is 0 Å². The summed E-state index contributed by atoms with van der Waals surface area (Å²) in [5, 5.41) is 0. The molecule has 2 fully saturated rings. The van der Waals surface area contributed by atoms with Crippen molar-refractivity contribution in [3.63, 3.8) is 0 Å². The number of carbonyl (C=O) groups excluding carboxylic acids is 1. The van der Waals surface area contributed by atoms with Gasteiger partial charge in [-0.15, -0.1) is 0 Å². The third-order valence-electron chi connectivity index (χ3n) is 4.77. The molecule has 4 heteroatoms. The van der Waals surface area contributed by atoms with Gasteiger partial charge in [0.1, 0.15) is 0 Å². The molecule has 0 aromatic heterocycles. The Kier molecular flexibility index (Phi) is 6.80. The van der Waals surface area contributed by atoms with Crippen molar-refractivity contribution in [2.45, 2.75) is 51.4 Å². The highest BCUT2D eigenvalue weighted by atomic mass is 16.5. The van der Waals surface area contributed by atoms with Crippen LogP contribution in [0.4, 0.5) is 0 Å². The van der Waals surface area contributed by atoms with Crippen LogP contribution in [0.15, 0.2) is 0 Å². The summed E-state index contributed by atoms with van der Waals surface area (Å²) in [6, 6.07) is 0. The van der Waals surface area contributed by atoms with Crippen LogP contribution in [-0.2, 0) is 9.53 Å². The fourth-order valence-electron chi connectivity index (χ4n) is 3.61. The molecular formula is C16H30N2O2. The lowest BCUT2D eigenvalue weighted by Crippen LogP contribution is -2.37. The number of unbranched alkanes of at least 4 members (excludes halogenated alkanes) is 1. The van der Waals surface area contributed by atoms with Crippen molar-refractivity contribution in [1.82, 2.24) is 4.90 Å². The second-order valence-electron chi connectivity index (χ2n) is 6.53. The Morgan fingerprint density at radius 1 is 1.15 bits per heavy atom. The summed E-state index contributed by atoms with van der Waals surface area (Å²) in [4.78, 5) is 13.5. The van der Waals surface area contributed by atoms with Crippen LogP contribution < -0.4 is 5.73 Å². The van der Waals surface area contributed by atoms with Gasteiger partial charge in [-0.1, -0.05) is 12.8 Å². The summed E-state index contributed by atoms with van der Waals surface area (Å²) >= 11 is 0. The molecule has 0 radical (unpaired) electrons. The van der Waals surface area contributed by atoms with Crippen molar-refractivity contribution in [3.8, 4) is 0 Å². The molecule has 1 atom stereocenters. The number of nitrogens with two attached hydrogens (primary N) is 1. The van der Waals surface area contributed by atoms with Crippen LogP contribution >= 0.6 is 0 Å². The van der Waals surface area contributed by atoms with Crippen molar-refractivity contribution < 1.29 is 9.53 Å². The van der Waals surface area contributed by atoms with Crippen LogP contribution in [0.1, 0.15) is 51.4 Å². The van der Waals surface area contributed by atoms with Crippen molar-refractivity contribution in [2.24, 2.45) is 17.6 Å². The molecule has 20 heavy (non-hydrogen) atoms. The quantitative estimate of drug-likeness (QED) is 0.728. The molecule has 2 heterocycles. The van der Waals surface area contributed by atoms with Crippen molar-refractivity contribution in [2.75, 3.05) is 32.8 Å². The first kappa shape index (κ1) is 15.8. The first-order valence-electron chi connectivity index (χ1n) is 8.32. The zero-order chi connectivity index (χ0) is 14.2. The normalized spacial score (nSPS) is 25.7. The topological polar surface area (TPSA) is 55.6 Å². The third-order valence-corrected chi connectivity index (χ3v) is 4.77. The first-order valence-corrected chi connectivity index (χ1v) is 8.32. The summed E-state index contributed by atoms with van der Waals surface area (Å²) < 4.78 is 5.40. The molecule has 2 saturated heterocycles. The number of primary amides is 1. The Labute approximate surface area is 123 Å². The maximum atomic E-state index is 11.0. The second-order valence-corrected chi connectivity index (χ2v) is 6.53. The van der Waals surface area contributed by atoms with Gasteiger partial charge in [0.15, 0.2) is 0 Å². The lowest BCUT2D eigenvalue weighted by molar-refractivity contribution is -0.119. The van der Waals surface area contributed by atoms with Crippen LogP contribution in [-0.4, -0.2) is 43.7 Å². The van der Waals surface area contributed by atoms with Crippen molar-refractivity contribution in [1.29, 1.82) is 0 Å². The van der Waals surface area contributed by atoms with E-state index in [9.17, 15) is 4.79 Å². The molecule has 0 saturated carbocycles. The number of amides is 1. The average molecular weight is 282 g/mol. The summed E-state index contributed by atoms with van der Waals surface area (Å²) in [6.07, 6.45) is 9.46. The van der Waals surface area contributed by atoms with Gasteiger partial charge in [0.25, 0.3) is 0 Å². The van der Waals surface area contributed by atoms with Crippen LogP contribution in [0.5, 0.6) is 0 Å². The van der Waals surface area contributed by atoms with Gasteiger partial charge in [-0.25, -0.2) is 0 Å². The van der Waals surface area contributed by atoms with E-state index in [1.54, 1.807) is 0 Å². The minimum Gasteiger partial charge on any atom is -0.381 e. The highest BCUT2D eigenvalue weighted by Crippen LogP contribution is 2.22. The van der Waals surface area contributed by atoms with Crippen LogP contribution in [0.2, 0.25) is 0 Å². The van der Waals surface area contributed by atoms with E-state index < -0.39 is 0 Å². The fourth-order valence-corrected chi connectivity index (χ4v) is 3.61. The van der Waals surface area contributed by atoms with Crippen LogP contribution in [0, 0.1) is 11.8 Å². The largest absolute Gasteiger partial charge is 0.381 e. The molecule has 0 bridgehead atoms. The van der Waals surface area contributed by atoms with E-state index in [0.717, 1.165) is 25.7 Å². The number of hydrogen-bond donors (Lipinski definition) is 1. The van der Waals surface area contributed by atoms with Crippen molar-refractivity contribution >= 4 is 5.91 Å². The zero-order valence-electron chi connectivity index (χ0n) is 12.7. The van der Waals surface area contributed by atoms with Crippen LogP contribution in [0.3, 0.4) is 0 Å². The molecule has 0 unspecified atom stereocenters. The molecule has 2 aliphatic heterocycles. The lowest BCUT2D eigenvalue weighted by Gasteiger charge is -2.32. The number of piperidine rings is 1. The summed E-state index contributed by atoms with van der Waals surface area (Å²) in [5.41, 5.74) is 5.31. The average Bonchev–Trinajstić information content (AvgIpc) is 2.44. The predicted molar refractivity (Wildman–Crippen MR) is 80.4 cm³/mol. The van der Waals surface area contributed by atoms with Crippen molar-refractivity contribution in [3.05, 3.63) is 0 Å². The smallest absolute Gasteiger partial charge is 0.217 e. The molecule has 0 aromatic carbocycles. The first-order chi connectivity index (χ1) is 9.74. The Morgan fingerprint density at radius 2 is 1.95 bits per heavy atom. The van der Waals surface area contributed by atoms with E-state index >= 15 is 0 Å². The monoisotopic (exact) mass is 282 g/mol. The van der Waals surface area contributed by atoms with E-state index in [1.165, 1.54) is 58.0 Å². The molecule has 0 spiro atoms. The number of hydrogen-bond acceptors (Lipinski definition) is 3. The maximum absolute atomic E-state index is 11.0. The number of likely N-dealkylation sites (tertiary alicyclic amines) is 1. The molecule has 0 aliphatic carbocycles. The Balaban J connectivity index is 1.55. The van der Waals surface area contributed by atoms with E-state index in [-0.39, 0.29) is 5.91 Å². The Bertz CT molecular complexity index is 290. The summed E-state index contributed by atoms with van der Waals surface area (Å²) in [7, 11) is 0.